The number of carboxylic acids is 1. The summed E-state index contributed by atoms with van der Waals surface area (Å²) in [5.41, 5.74) is 1.92. The third kappa shape index (κ3) is 4.75. The molecule has 0 bridgehead atoms. The van der Waals surface area contributed by atoms with Crippen LogP contribution in [0.1, 0.15) is 28.7 Å². The molecular formula is C23H20ClF3N6O2S. The number of hydrogen-bond acceptors (Lipinski definition) is 7. The van der Waals surface area contributed by atoms with Crippen LogP contribution in [-0.2, 0) is 11.8 Å². The fraction of sp³-hybridized carbons (Fsp3) is 0.304. The number of thiazole rings is 1. The molecule has 4 heterocycles. The minimum Gasteiger partial charge on any atom is -0.480 e. The number of nitrogens with one attached hydrogen (secondary N) is 1. The van der Waals surface area contributed by atoms with Crippen LogP contribution in [0.2, 0.25) is 5.02 Å². The van der Waals surface area contributed by atoms with E-state index in [1.54, 1.807) is 35.6 Å². The Morgan fingerprint density at radius 2 is 2.17 bits per heavy atom. The van der Waals surface area contributed by atoms with Gasteiger partial charge in [-0.25, -0.2) is 18.2 Å². The van der Waals surface area contributed by atoms with E-state index < -0.39 is 42.8 Å². The van der Waals surface area contributed by atoms with Crippen molar-refractivity contribution in [3.05, 3.63) is 74.8 Å². The van der Waals surface area contributed by atoms with Gasteiger partial charge in [0.2, 0.25) is 0 Å². The van der Waals surface area contributed by atoms with Gasteiger partial charge in [0.15, 0.2) is 10.8 Å². The number of benzene rings is 1. The molecule has 2 N–H and O–H groups in total. The first kappa shape index (κ1) is 24.5. The van der Waals surface area contributed by atoms with Gasteiger partial charge in [-0.3, -0.25) is 19.4 Å². The molecule has 0 aliphatic carbocycles. The topological polar surface area (TPSA) is 95.6 Å². The van der Waals surface area contributed by atoms with Crippen molar-refractivity contribution in [2.45, 2.75) is 24.4 Å². The number of likely N-dealkylation sites (tertiary alicyclic amines) is 1. The number of hydrogen-bond donors (Lipinski definition) is 2. The van der Waals surface area contributed by atoms with Crippen LogP contribution in [0.25, 0.3) is 5.57 Å². The van der Waals surface area contributed by atoms with E-state index in [4.69, 9.17) is 16.6 Å². The molecule has 2 atom stereocenters. The first-order chi connectivity index (χ1) is 17.1. The molecule has 36 heavy (non-hydrogen) atoms. The van der Waals surface area contributed by atoms with E-state index in [2.05, 4.69) is 15.4 Å². The van der Waals surface area contributed by atoms with Crippen LogP contribution in [0.3, 0.4) is 0 Å². The lowest BCUT2D eigenvalue weighted by molar-refractivity contribution is -0.142. The van der Waals surface area contributed by atoms with Crippen molar-refractivity contribution in [2.24, 2.45) is 12.0 Å². The molecule has 13 heteroatoms. The summed E-state index contributed by atoms with van der Waals surface area (Å²) in [6.07, 6.45) is 2.53. The zero-order valence-corrected chi connectivity index (χ0v) is 20.4. The van der Waals surface area contributed by atoms with Gasteiger partial charge in [0.25, 0.3) is 5.92 Å². The maximum absolute atomic E-state index is 14.3. The Balaban J connectivity index is 1.67. The third-order valence-electron chi connectivity index (χ3n) is 6.02. The molecule has 0 radical (unpaired) electrons. The van der Waals surface area contributed by atoms with E-state index in [0.29, 0.717) is 33.4 Å². The summed E-state index contributed by atoms with van der Waals surface area (Å²) < 4.78 is 44.0. The van der Waals surface area contributed by atoms with Crippen molar-refractivity contribution in [1.82, 2.24) is 25.0 Å². The SMILES string of the molecule is Cn1ccc(C2=C(CN3CC(F)(F)CC3C(=O)O)NC(c3nccs3)=NC2c2ccc(F)cc2Cl)n1. The number of amidine groups is 1. The van der Waals surface area contributed by atoms with Gasteiger partial charge in [-0.05, 0) is 18.2 Å². The Hall–Kier alpha value is -3.22. The van der Waals surface area contributed by atoms with Gasteiger partial charge >= 0.3 is 5.97 Å². The van der Waals surface area contributed by atoms with Gasteiger partial charge in [0, 0.05) is 59.6 Å². The lowest BCUT2D eigenvalue weighted by atomic mass is 9.93. The number of aliphatic imine (C=N–C) groups is 1. The number of aromatic nitrogens is 3. The van der Waals surface area contributed by atoms with Gasteiger partial charge in [-0.2, -0.15) is 5.10 Å². The average molecular weight is 537 g/mol. The van der Waals surface area contributed by atoms with Crippen LogP contribution in [0.4, 0.5) is 13.2 Å². The summed E-state index contributed by atoms with van der Waals surface area (Å²) in [5, 5.41) is 19.7. The minimum absolute atomic E-state index is 0.132. The first-order valence-electron chi connectivity index (χ1n) is 10.9. The van der Waals surface area contributed by atoms with Crippen LogP contribution < -0.4 is 5.32 Å². The summed E-state index contributed by atoms with van der Waals surface area (Å²) in [6.45, 7) is -0.853. The second kappa shape index (κ2) is 9.34. The van der Waals surface area contributed by atoms with Crippen molar-refractivity contribution in [1.29, 1.82) is 0 Å². The van der Waals surface area contributed by atoms with Crippen molar-refractivity contribution in [3.63, 3.8) is 0 Å². The lowest BCUT2D eigenvalue weighted by Crippen LogP contribution is -2.42. The van der Waals surface area contributed by atoms with E-state index in [-0.39, 0.29) is 11.6 Å². The number of halogens is 4. The van der Waals surface area contributed by atoms with E-state index in [9.17, 15) is 23.1 Å². The van der Waals surface area contributed by atoms with Crippen molar-refractivity contribution in [2.75, 3.05) is 13.1 Å². The van der Waals surface area contributed by atoms with Gasteiger partial charge < -0.3 is 10.4 Å². The molecule has 8 nitrogen and oxygen atoms in total. The van der Waals surface area contributed by atoms with E-state index in [1.165, 1.54) is 34.4 Å². The predicted molar refractivity (Wildman–Crippen MR) is 129 cm³/mol. The highest BCUT2D eigenvalue weighted by Gasteiger charge is 2.48. The Bertz CT molecular complexity index is 1370. The molecule has 2 aliphatic heterocycles. The Labute approximate surface area is 212 Å². The maximum atomic E-state index is 14.3. The highest BCUT2D eigenvalue weighted by Crippen LogP contribution is 2.42. The first-order valence-corrected chi connectivity index (χ1v) is 12.1. The van der Waals surface area contributed by atoms with Gasteiger partial charge in [0.05, 0.1) is 12.2 Å². The van der Waals surface area contributed by atoms with E-state index in [0.717, 1.165) is 0 Å². The van der Waals surface area contributed by atoms with Crippen molar-refractivity contribution in [3.8, 4) is 0 Å². The molecule has 188 valence electrons. The standard InChI is InChI=1S/C23H20ClF3N6O2S/c1-32-6-4-15(31-32)18-16(10-33-11-23(26,27)9-17(33)22(34)35)29-20(21-28-5-7-36-21)30-19(18)13-3-2-12(25)8-14(13)24/h2-8,17,19H,9-11H2,1H3,(H,29,30)(H,34,35). The van der Waals surface area contributed by atoms with Crippen LogP contribution >= 0.6 is 22.9 Å². The molecule has 1 aromatic carbocycles. The molecule has 3 aromatic rings. The highest BCUT2D eigenvalue weighted by molar-refractivity contribution is 7.11. The molecule has 2 unspecified atom stereocenters. The Morgan fingerprint density at radius 3 is 2.81 bits per heavy atom. The Morgan fingerprint density at radius 1 is 1.36 bits per heavy atom. The highest BCUT2D eigenvalue weighted by atomic mass is 35.5. The minimum atomic E-state index is -3.14. The molecule has 2 aliphatic rings. The van der Waals surface area contributed by atoms with Crippen LogP contribution in [-0.4, -0.2) is 61.6 Å². The average Bonchev–Trinajstić information content (AvgIpc) is 3.54. The fourth-order valence-electron chi connectivity index (χ4n) is 4.47. The van der Waals surface area contributed by atoms with Crippen LogP contribution in [0, 0.1) is 5.82 Å². The largest absolute Gasteiger partial charge is 0.480 e. The molecule has 1 fully saturated rings. The molecule has 5 rings (SSSR count). The number of nitrogens with zero attached hydrogens (tertiary/aromatic N) is 5. The molecule has 0 saturated carbocycles. The summed E-state index contributed by atoms with van der Waals surface area (Å²) in [6, 6.07) is 3.54. The van der Waals surface area contributed by atoms with Crippen molar-refractivity contribution >= 4 is 40.3 Å². The smallest absolute Gasteiger partial charge is 0.321 e. The summed E-state index contributed by atoms with van der Waals surface area (Å²) in [4.78, 5) is 22.1. The molecular weight excluding hydrogens is 517 g/mol. The van der Waals surface area contributed by atoms with Gasteiger partial charge in [-0.1, -0.05) is 17.7 Å². The maximum Gasteiger partial charge on any atom is 0.321 e. The number of carboxylic acid groups (broad SMARTS) is 1. The number of aliphatic carboxylic acids is 1. The molecule has 2 aromatic heterocycles. The third-order valence-corrected chi connectivity index (χ3v) is 7.13. The normalized spacial score (nSPS) is 22.0. The molecule has 0 spiro atoms. The zero-order chi connectivity index (χ0) is 25.6. The quantitative estimate of drug-likeness (QED) is 0.495. The monoisotopic (exact) mass is 536 g/mol. The summed E-state index contributed by atoms with van der Waals surface area (Å²) >= 11 is 7.75. The summed E-state index contributed by atoms with van der Waals surface area (Å²) in [5.74, 6) is -4.62. The number of rotatable bonds is 6. The number of carbonyl (C=O) groups is 1. The Kier molecular flexibility index (Phi) is 6.35. The molecule has 0 amide bonds. The number of aryl methyl sites for hydroxylation is 1. The fourth-order valence-corrected chi connectivity index (χ4v) is 5.33. The van der Waals surface area contributed by atoms with Crippen molar-refractivity contribution < 1.29 is 23.1 Å². The number of alkyl halides is 2. The van der Waals surface area contributed by atoms with E-state index in [1.807, 2.05) is 0 Å². The van der Waals surface area contributed by atoms with Gasteiger partial charge in [-0.15, -0.1) is 11.3 Å². The summed E-state index contributed by atoms with van der Waals surface area (Å²) in [7, 11) is 1.73. The molecule has 1 saturated heterocycles. The second-order valence-electron chi connectivity index (χ2n) is 8.59. The van der Waals surface area contributed by atoms with Crippen LogP contribution in [0.5, 0.6) is 0 Å². The van der Waals surface area contributed by atoms with E-state index >= 15 is 0 Å². The zero-order valence-electron chi connectivity index (χ0n) is 18.8. The van der Waals surface area contributed by atoms with Gasteiger partial charge in [0.1, 0.15) is 17.9 Å². The van der Waals surface area contributed by atoms with Crippen LogP contribution in [0.15, 0.2) is 52.7 Å². The predicted octanol–water partition coefficient (Wildman–Crippen LogP) is 3.97. The second-order valence-corrected chi connectivity index (χ2v) is 9.90. The lowest BCUT2D eigenvalue weighted by Gasteiger charge is -2.31.